The van der Waals surface area contributed by atoms with Gasteiger partial charge in [0.25, 0.3) is 0 Å². The van der Waals surface area contributed by atoms with Gasteiger partial charge in [-0.05, 0) is 31.7 Å². The zero-order valence-corrected chi connectivity index (χ0v) is 20.9. The molecule has 0 saturated carbocycles. The van der Waals surface area contributed by atoms with Crippen molar-refractivity contribution in [2.24, 2.45) is 0 Å². The largest absolute Gasteiger partial charge is 0.408 e. The molecule has 0 unspecified atom stereocenters. The van der Waals surface area contributed by atoms with Gasteiger partial charge >= 0.3 is 12.2 Å². The highest BCUT2D eigenvalue weighted by Crippen LogP contribution is 2.33. The smallest absolute Gasteiger partial charge is 0.346 e. The van der Waals surface area contributed by atoms with Crippen molar-refractivity contribution in [1.82, 2.24) is 39.4 Å². The van der Waals surface area contributed by atoms with Gasteiger partial charge in [-0.3, -0.25) is 9.58 Å². The van der Waals surface area contributed by atoms with Crippen LogP contribution in [0.25, 0.3) is 22.3 Å². The summed E-state index contributed by atoms with van der Waals surface area (Å²) >= 11 is 0. The lowest BCUT2D eigenvalue weighted by atomic mass is 10.1. The van der Waals surface area contributed by atoms with E-state index in [1.165, 1.54) is 11.2 Å². The Morgan fingerprint density at radius 2 is 2.03 bits per heavy atom. The van der Waals surface area contributed by atoms with Crippen LogP contribution in [0.15, 0.2) is 31.0 Å². The van der Waals surface area contributed by atoms with Gasteiger partial charge in [0, 0.05) is 68.5 Å². The summed E-state index contributed by atoms with van der Waals surface area (Å²) in [5.74, 6) is 0. The quantitative estimate of drug-likeness (QED) is 0.468. The number of carbonyl (C=O) groups excluding carboxylic acids is 1. The molecule has 5 rings (SSSR count). The molecule has 2 amide bonds. The number of hydrogen-bond donors (Lipinski definition) is 1. The van der Waals surface area contributed by atoms with Crippen molar-refractivity contribution in [1.29, 1.82) is 5.26 Å². The summed E-state index contributed by atoms with van der Waals surface area (Å²) in [5.41, 5.74) is 2.41. The number of nitrogens with one attached hydrogen (secondary N) is 1. The number of piperazine rings is 1. The summed E-state index contributed by atoms with van der Waals surface area (Å²) in [6, 6.07) is 1.97. The van der Waals surface area contributed by atoms with Crippen molar-refractivity contribution in [3.63, 3.8) is 0 Å². The number of aromatic nitrogens is 5. The van der Waals surface area contributed by atoms with Crippen LogP contribution in [0.4, 0.5) is 18.0 Å². The van der Waals surface area contributed by atoms with Crippen LogP contribution in [-0.4, -0.2) is 96.4 Å². The maximum atomic E-state index is 13.4. The number of rotatable bonds is 7. The zero-order valence-electron chi connectivity index (χ0n) is 20.9. The van der Waals surface area contributed by atoms with E-state index < -0.39 is 18.2 Å². The number of halogens is 3. The molecular weight excluding hydrogens is 499 g/mol. The lowest BCUT2D eigenvalue weighted by Crippen LogP contribution is -2.57. The van der Waals surface area contributed by atoms with E-state index in [1.54, 1.807) is 6.20 Å². The number of aromatic amines is 1. The fourth-order valence-corrected chi connectivity index (χ4v) is 5.51. The average Bonchev–Trinajstić information content (AvgIpc) is 3.68. The van der Waals surface area contributed by atoms with Crippen LogP contribution in [0.3, 0.4) is 0 Å². The Morgan fingerprint density at radius 3 is 2.79 bits per heavy atom. The molecule has 3 aromatic heterocycles. The first-order valence-corrected chi connectivity index (χ1v) is 12.9. The molecule has 10 nitrogen and oxygen atoms in total. The number of nitriles is 1. The van der Waals surface area contributed by atoms with Gasteiger partial charge in [-0.15, -0.1) is 0 Å². The zero-order chi connectivity index (χ0) is 26.7. The molecule has 2 fully saturated rings. The molecule has 2 atom stereocenters. The van der Waals surface area contributed by atoms with Crippen molar-refractivity contribution in [3.8, 4) is 17.3 Å². The fraction of sp³-hybridized carbons (Fsp3) is 0.560. The minimum atomic E-state index is -4.40. The average molecular weight is 530 g/mol. The topological polar surface area (TPSA) is 110 Å². The first kappa shape index (κ1) is 26.0. The Bertz CT molecular complexity index is 1290. The lowest BCUT2D eigenvalue weighted by Gasteiger charge is -2.41. The van der Waals surface area contributed by atoms with Crippen LogP contribution in [0.5, 0.6) is 0 Å². The van der Waals surface area contributed by atoms with Crippen molar-refractivity contribution in [2.75, 3.05) is 32.7 Å². The second-order valence-corrected chi connectivity index (χ2v) is 9.82. The number of urea groups is 1. The molecular formula is C25H30F3N9O. The predicted octanol–water partition coefficient (Wildman–Crippen LogP) is 3.65. The predicted molar refractivity (Wildman–Crippen MR) is 133 cm³/mol. The highest BCUT2D eigenvalue weighted by molar-refractivity contribution is 5.89. The lowest BCUT2D eigenvalue weighted by molar-refractivity contribution is -0.170. The molecule has 13 heteroatoms. The van der Waals surface area contributed by atoms with Gasteiger partial charge in [0.2, 0.25) is 0 Å². The number of unbranched alkanes of at least 4 members (excludes halogenated alkanes) is 1. The van der Waals surface area contributed by atoms with E-state index in [1.807, 2.05) is 23.1 Å². The van der Waals surface area contributed by atoms with Gasteiger partial charge in [-0.2, -0.15) is 23.5 Å². The van der Waals surface area contributed by atoms with Crippen molar-refractivity contribution >= 4 is 17.1 Å². The maximum Gasteiger partial charge on any atom is 0.408 e. The second-order valence-electron chi connectivity index (χ2n) is 9.82. The fourth-order valence-electron chi connectivity index (χ4n) is 5.51. The van der Waals surface area contributed by atoms with E-state index in [0.717, 1.165) is 40.0 Å². The van der Waals surface area contributed by atoms with E-state index >= 15 is 0 Å². The monoisotopic (exact) mass is 529 g/mol. The van der Waals surface area contributed by atoms with Crippen molar-refractivity contribution < 1.29 is 18.0 Å². The van der Waals surface area contributed by atoms with Gasteiger partial charge in [0.15, 0.2) is 0 Å². The Hall–Kier alpha value is -3.66. The summed E-state index contributed by atoms with van der Waals surface area (Å²) < 4.78 is 42.0. The number of nitrogens with zero attached hydrogens (tertiary/aromatic N) is 8. The van der Waals surface area contributed by atoms with Crippen LogP contribution < -0.4 is 0 Å². The molecule has 0 bridgehead atoms. The Morgan fingerprint density at radius 1 is 1.21 bits per heavy atom. The maximum absolute atomic E-state index is 13.4. The van der Waals surface area contributed by atoms with Gasteiger partial charge in [0.05, 0.1) is 24.5 Å². The molecule has 1 N–H and O–H groups in total. The number of fused-ring (bicyclic) bond motifs is 1. The van der Waals surface area contributed by atoms with Crippen molar-refractivity contribution in [2.45, 2.75) is 56.9 Å². The van der Waals surface area contributed by atoms with E-state index in [-0.39, 0.29) is 19.0 Å². The third-order valence-electron chi connectivity index (χ3n) is 7.46. The van der Waals surface area contributed by atoms with Crippen LogP contribution in [0, 0.1) is 11.3 Å². The number of H-pyrrole nitrogens is 1. The molecule has 5 heterocycles. The highest BCUT2D eigenvalue weighted by atomic mass is 19.4. The van der Waals surface area contributed by atoms with Crippen molar-refractivity contribution in [3.05, 3.63) is 31.0 Å². The molecule has 202 valence electrons. The number of hydrogen-bond acceptors (Lipinski definition) is 6. The first-order chi connectivity index (χ1) is 18.3. The van der Waals surface area contributed by atoms with Gasteiger partial charge in [-0.25, -0.2) is 14.8 Å². The summed E-state index contributed by atoms with van der Waals surface area (Å²) in [6.07, 6.45) is 4.91. The molecule has 0 aliphatic carbocycles. The molecule has 2 aliphatic heterocycles. The highest BCUT2D eigenvalue weighted by Gasteiger charge is 2.48. The van der Waals surface area contributed by atoms with Crippen LogP contribution in [0.2, 0.25) is 0 Å². The molecule has 38 heavy (non-hydrogen) atoms. The molecule has 0 aromatic carbocycles. The number of carbonyl (C=O) groups is 1. The van der Waals surface area contributed by atoms with Gasteiger partial charge in [0.1, 0.15) is 18.0 Å². The summed E-state index contributed by atoms with van der Waals surface area (Å²) in [6.45, 7) is 2.57. The Balaban J connectivity index is 1.24. The minimum Gasteiger partial charge on any atom is -0.346 e. The number of amides is 2. The van der Waals surface area contributed by atoms with Crippen LogP contribution in [-0.2, 0) is 6.54 Å². The third kappa shape index (κ3) is 5.45. The van der Waals surface area contributed by atoms with Gasteiger partial charge < -0.3 is 14.8 Å². The molecule has 0 radical (unpaired) electrons. The third-order valence-corrected chi connectivity index (χ3v) is 7.46. The molecule has 2 saturated heterocycles. The first-order valence-electron chi connectivity index (χ1n) is 12.9. The number of alkyl halides is 3. The van der Waals surface area contributed by atoms with E-state index in [0.29, 0.717) is 45.6 Å². The summed E-state index contributed by atoms with van der Waals surface area (Å²) in [5, 5.41) is 14.5. The van der Waals surface area contributed by atoms with E-state index in [2.05, 4.69) is 31.0 Å². The normalized spacial score (nSPS) is 19.7. The van der Waals surface area contributed by atoms with E-state index in [9.17, 15) is 18.0 Å². The molecule has 3 aromatic rings. The second kappa shape index (κ2) is 11.0. The van der Waals surface area contributed by atoms with Gasteiger partial charge in [-0.1, -0.05) is 0 Å². The molecule has 2 aliphatic rings. The molecule has 0 spiro atoms. The summed E-state index contributed by atoms with van der Waals surface area (Å²) in [4.78, 5) is 29.4. The summed E-state index contributed by atoms with van der Waals surface area (Å²) in [7, 11) is 0. The SMILES string of the molecule is N#CCCC[C@@H](Cn1cc(-c2ncnc3[nH]ccc23)cn1)N1CCN(C(=O)N2CCC[C@H]2C(F)(F)F)CC1. The number of likely N-dealkylation sites (tertiary alicyclic amines) is 1. The Labute approximate surface area is 218 Å². The van der Waals surface area contributed by atoms with E-state index in [4.69, 9.17) is 5.26 Å². The van der Waals surface area contributed by atoms with Crippen LogP contribution in [0.1, 0.15) is 32.1 Å². The standard InChI is InChI=1S/C25H30F3N9O/c26-25(27,28)21-5-3-9-37(21)24(38)35-12-10-34(11-13-35)19(4-1-2-7-29)16-36-15-18(14-33-36)22-20-6-8-30-23(20)32-17-31-22/h6,8,14-15,17,19,21H,1-5,9-13,16H2,(H,30,31,32)/t19-,21-/m0/s1. The Kier molecular flexibility index (Phi) is 7.51. The minimum absolute atomic E-state index is 0.0351. The van der Waals surface area contributed by atoms with Crippen LogP contribution >= 0.6 is 0 Å².